The van der Waals surface area contributed by atoms with Gasteiger partial charge in [0.25, 0.3) is 0 Å². The molecule has 1 aromatic rings. The van der Waals surface area contributed by atoms with Gasteiger partial charge < -0.3 is 20.3 Å². The number of aromatic hydroxyl groups is 1. The zero-order valence-electron chi connectivity index (χ0n) is 12.6. The van der Waals surface area contributed by atoms with Crippen LogP contribution < -0.4 is 5.32 Å². The van der Waals surface area contributed by atoms with Crippen molar-refractivity contribution in [3.8, 4) is 5.75 Å². The molecule has 0 fully saturated rings. The van der Waals surface area contributed by atoms with Gasteiger partial charge in [-0.05, 0) is 64.3 Å². The number of alkyl carbamates (subject to hydrolysis) is 1. The Hall–Kier alpha value is -0.990. The van der Waals surface area contributed by atoms with Gasteiger partial charge in [0.1, 0.15) is 17.4 Å². The smallest absolute Gasteiger partial charge is 0.408 e. The number of phenolic OH excluding ortho intramolecular Hbond substituents is 1. The van der Waals surface area contributed by atoms with E-state index in [2.05, 4.69) is 37.2 Å². The molecule has 0 aliphatic rings. The van der Waals surface area contributed by atoms with Crippen molar-refractivity contribution < 1.29 is 24.5 Å². The summed E-state index contributed by atoms with van der Waals surface area (Å²) in [6, 6.07) is 0.227. The second-order valence-electron chi connectivity index (χ2n) is 5.74. The van der Waals surface area contributed by atoms with E-state index in [9.17, 15) is 19.8 Å². The Morgan fingerprint density at radius 3 is 2.43 bits per heavy atom. The van der Waals surface area contributed by atoms with Crippen molar-refractivity contribution in [3.05, 3.63) is 25.6 Å². The van der Waals surface area contributed by atoms with Crippen LogP contribution in [-0.4, -0.2) is 33.9 Å². The molecule has 1 aromatic carbocycles. The number of ether oxygens (including phenoxy) is 1. The number of rotatable bonds is 4. The maximum atomic E-state index is 11.7. The molecule has 0 saturated carbocycles. The lowest BCUT2D eigenvalue weighted by molar-refractivity contribution is -0.139. The molecule has 0 aromatic heterocycles. The number of hydrogen-bond donors (Lipinski definition) is 3. The molecular weight excluding hydrogens is 457 g/mol. The molecule has 0 spiro atoms. The first kappa shape index (κ1) is 20.1. The van der Waals surface area contributed by atoms with Crippen LogP contribution in [0.3, 0.4) is 0 Å². The number of carbonyl (C=O) groups excluding carboxylic acids is 1. The fraction of sp³-hybridized carbons (Fsp3) is 0.429. The van der Waals surface area contributed by atoms with Crippen LogP contribution in [-0.2, 0) is 16.0 Å². The molecule has 128 valence electrons. The molecule has 1 amide bonds. The van der Waals surface area contributed by atoms with Crippen molar-refractivity contribution in [3.63, 3.8) is 0 Å². The van der Waals surface area contributed by atoms with Crippen molar-refractivity contribution in [2.45, 2.75) is 38.8 Å². The highest BCUT2D eigenvalue weighted by Crippen LogP contribution is 2.40. The summed E-state index contributed by atoms with van der Waals surface area (Å²) in [4.78, 5) is 23.1. The van der Waals surface area contributed by atoms with Crippen LogP contribution >= 0.6 is 43.5 Å². The van der Waals surface area contributed by atoms with Crippen LogP contribution in [0.4, 0.5) is 4.79 Å². The lowest BCUT2D eigenvalue weighted by Gasteiger charge is -2.22. The van der Waals surface area contributed by atoms with E-state index in [1.54, 1.807) is 20.8 Å². The zero-order chi connectivity index (χ0) is 17.9. The van der Waals surface area contributed by atoms with Crippen LogP contribution in [0, 0.1) is 0 Å². The fourth-order valence-electron chi connectivity index (χ4n) is 1.66. The van der Waals surface area contributed by atoms with Crippen molar-refractivity contribution in [1.29, 1.82) is 0 Å². The van der Waals surface area contributed by atoms with Crippen LogP contribution in [0.15, 0.2) is 15.0 Å². The highest BCUT2D eigenvalue weighted by Gasteiger charge is 2.26. The minimum absolute atomic E-state index is 0.144. The number of carbonyl (C=O) groups is 2. The molecule has 1 rings (SSSR count). The van der Waals surface area contributed by atoms with Gasteiger partial charge in [0.15, 0.2) is 0 Å². The number of phenols is 1. The first-order chi connectivity index (χ1) is 10.4. The van der Waals surface area contributed by atoms with Gasteiger partial charge in [-0.1, -0.05) is 11.6 Å². The number of benzene rings is 1. The maximum Gasteiger partial charge on any atom is 0.408 e. The molecule has 23 heavy (non-hydrogen) atoms. The van der Waals surface area contributed by atoms with Crippen molar-refractivity contribution in [1.82, 2.24) is 5.32 Å². The standard InChI is InChI=1S/C14H16Br2ClNO5/c1-14(2,3)23-13(22)18-8(12(20)21)5-6-4-7(15)10(17)9(16)11(6)19/h4,8,19H,5H2,1-3H3,(H,18,22)(H,20,21). The normalized spacial score (nSPS) is 12.6. The number of aliphatic carboxylic acids is 1. The number of halogens is 3. The Labute approximate surface area is 155 Å². The minimum atomic E-state index is -1.27. The van der Waals surface area contributed by atoms with Crippen molar-refractivity contribution >= 4 is 55.5 Å². The number of carboxylic acids is 1. The predicted molar refractivity (Wildman–Crippen MR) is 93.0 cm³/mol. The Kier molecular flexibility index (Phi) is 6.73. The topological polar surface area (TPSA) is 95.9 Å². The first-order valence-electron chi connectivity index (χ1n) is 6.50. The number of nitrogens with one attached hydrogen (secondary N) is 1. The maximum absolute atomic E-state index is 11.7. The molecule has 6 nitrogen and oxygen atoms in total. The lowest BCUT2D eigenvalue weighted by Crippen LogP contribution is -2.44. The Balaban J connectivity index is 2.98. The van der Waals surface area contributed by atoms with Gasteiger partial charge in [0.2, 0.25) is 0 Å². The summed E-state index contributed by atoms with van der Waals surface area (Å²) in [7, 11) is 0. The lowest BCUT2D eigenvalue weighted by atomic mass is 10.1. The number of amides is 1. The molecule has 0 aliphatic carbocycles. The highest BCUT2D eigenvalue weighted by molar-refractivity contribution is 9.11. The average molecular weight is 474 g/mol. The predicted octanol–water partition coefficient (Wildman–Crippen LogP) is 4.09. The molecule has 0 radical (unpaired) electrons. The van der Waals surface area contributed by atoms with Crippen LogP contribution in [0.5, 0.6) is 5.75 Å². The quantitative estimate of drug-likeness (QED) is 0.573. The van der Waals surface area contributed by atoms with E-state index in [4.69, 9.17) is 16.3 Å². The molecule has 0 saturated heterocycles. The van der Waals surface area contributed by atoms with E-state index in [0.717, 1.165) is 0 Å². The largest absolute Gasteiger partial charge is 0.506 e. The summed E-state index contributed by atoms with van der Waals surface area (Å²) in [6.45, 7) is 5.00. The second-order valence-corrected chi connectivity index (χ2v) is 7.76. The van der Waals surface area contributed by atoms with E-state index >= 15 is 0 Å². The van der Waals surface area contributed by atoms with E-state index < -0.39 is 23.7 Å². The van der Waals surface area contributed by atoms with Gasteiger partial charge >= 0.3 is 12.1 Å². The third kappa shape index (κ3) is 5.86. The molecule has 0 aliphatic heterocycles. The summed E-state index contributed by atoms with van der Waals surface area (Å²) >= 11 is 12.3. The Morgan fingerprint density at radius 2 is 1.96 bits per heavy atom. The third-order valence-corrected chi connectivity index (χ3v) is 4.88. The van der Waals surface area contributed by atoms with Crippen molar-refractivity contribution in [2.75, 3.05) is 0 Å². The summed E-state index contributed by atoms with van der Waals surface area (Å²) in [5, 5.41) is 21.9. The van der Waals surface area contributed by atoms with Gasteiger partial charge in [0.05, 0.1) is 9.50 Å². The fourth-order valence-corrected chi connectivity index (χ4v) is 3.01. The number of carboxylic acid groups (broad SMARTS) is 1. The van der Waals surface area contributed by atoms with Gasteiger partial charge in [0, 0.05) is 10.9 Å². The van der Waals surface area contributed by atoms with Crippen LogP contribution in [0.25, 0.3) is 0 Å². The summed E-state index contributed by atoms with van der Waals surface area (Å²) in [5.74, 6) is -1.44. The van der Waals surface area contributed by atoms with Gasteiger partial charge in [-0.25, -0.2) is 9.59 Å². The molecule has 3 N–H and O–H groups in total. The van der Waals surface area contributed by atoms with Gasteiger partial charge in [-0.3, -0.25) is 0 Å². The molecule has 0 bridgehead atoms. The van der Waals surface area contributed by atoms with Crippen molar-refractivity contribution in [2.24, 2.45) is 0 Å². The Morgan fingerprint density at radius 1 is 1.39 bits per heavy atom. The third-order valence-electron chi connectivity index (χ3n) is 2.63. The highest BCUT2D eigenvalue weighted by atomic mass is 79.9. The monoisotopic (exact) mass is 471 g/mol. The average Bonchev–Trinajstić information content (AvgIpc) is 2.39. The molecule has 0 heterocycles. The van der Waals surface area contributed by atoms with Gasteiger partial charge in [-0.15, -0.1) is 0 Å². The van der Waals surface area contributed by atoms with E-state index in [1.165, 1.54) is 6.07 Å². The van der Waals surface area contributed by atoms with E-state index in [0.29, 0.717) is 10.0 Å². The first-order valence-corrected chi connectivity index (χ1v) is 8.46. The summed E-state index contributed by atoms with van der Waals surface area (Å²) < 4.78 is 5.76. The molecule has 9 heteroatoms. The molecular formula is C14H16Br2ClNO5. The zero-order valence-corrected chi connectivity index (χ0v) is 16.5. The Bertz CT molecular complexity index is 631. The minimum Gasteiger partial charge on any atom is -0.506 e. The SMILES string of the molecule is CC(C)(C)OC(=O)NC(Cc1cc(Br)c(Cl)c(Br)c1O)C(=O)O. The summed E-state index contributed by atoms with van der Waals surface area (Å²) in [5.41, 5.74) is -0.446. The van der Waals surface area contributed by atoms with Gasteiger partial charge in [-0.2, -0.15) is 0 Å². The van der Waals surface area contributed by atoms with Crippen LogP contribution in [0.1, 0.15) is 26.3 Å². The second kappa shape index (κ2) is 7.72. The van der Waals surface area contributed by atoms with E-state index in [-0.39, 0.29) is 21.7 Å². The molecule has 1 unspecified atom stereocenters. The van der Waals surface area contributed by atoms with E-state index in [1.807, 2.05) is 0 Å². The molecule has 1 atom stereocenters. The van der Waals surface area contributed by atoms with Crippen LogP contribution in [0.2, 0.25) is 5.02 Å². The summed E-state index contributed by atoms with van der Waals surface area (Å²) in [6.07, 6.45) is -0.995. The number of hydrogen-bond acceptors (Lipinski definition) is 4.